The van der Waals surface area contributed by atoms with E-state index in [1.165, 1.54) is 17.3 Å². The minimum absolute atomic E-state index is 0.454. The van der Waals surface area contributed by atoms with E-state index in [4.69, 9.17) is 9.47 Å². The summed E-state index contributed by atoms with van der Waals surface area (Å²) in [4.78, 5) is 6.53. The number of hydrogen-bond donors (Lipinski definition) is 1. The lowest BCUT2D eigenvalue weighted by Gasteiger charge is -2.30. The molecule has 0 bridgehead atoms. The first kappa shape index (κ1) is 17.3. The fraction of sp³-hybridized carbons (Fsp3) is 0.353. The van der Waals surface area contributed by atoms with Crippen LogP contribution in [0.5, 0.6) is 11.5 Å². The van der Waals surface area contributed by atoms with Crippen molar-refractivity contribution in [2.45, 2.75) is 13.0 Å². The molecular weight excluding hydrogens is 342 g/mol. The number of methoxy groups -OCH3 is 2. The Hall–Kier alpha value is -2.48. The Balaban J connectivity index is 1.80. The SMILES string of the molecule is COc1cc2c(cc1OC)CN(c1ccc(NS(C)(=O)=O)cn1)CC2. The van der Waals surface area contributed by atoms with Gasteiger partial charge in [0.1, 0.15) is 5.82 Å². The van der Waals surface area contributed by atoms with Gasteiger partial charge in [0.15, 0.2) is 11.5 Å². The maximum Gasteiger partial charge on any atom is 0.229 e. The van der Waals surface area contributed by atoms with Crippen LogP contribution in [0.4, 0.5) is 11.5 Å². The molecule has 1 aliphatic heterocycles. The lowest BCUT2D eigenvalue weighted by Crippen LogP contribution is -2.31. The topological polar surface area (TPSA) is 80.8 Å². The van der Waals surface area contributed by atoms with Crippen molar-refractivity contribution in [1.82, 2.24) is 4.98 Å². The Bertz CT molecular complexity index is 866. The van der Waals surface area contributed by atoms with Crippen molar-refractivity contribution in [3.8, 4) is 11.5 Å². The number of benzene rings is 1. The Morgan fingerprint density at radius 3 is 2.36 bits per heavy atom. The van der Waals surface area contributed by atoms with Gasteiger partial charge in [0.05, 0.1) is 32.4 Å². The number of hydrogen-bond acceptors (Lipinski definition) is 6. The molecule has 0 aliphatic carbocycles. The molecule has 0 spiro atoms. The third kappa shape index (κ3) is 3.96. The minimum Gasteiger partial charge on any atom is -0.493 e. The second kappa shape index (κ2) is 6.79. The Morgan fingerprint density at radius 1 is 1.12 bits per heavy atom. The number of ether oxygens (including phenoxy) is 2. The van der Waals surface area contributed by atoms with Crippen LogP contribution in [0.1, 0.15) is 11.1 Å². The van der Waals surface area contributed by atoms with E-state index in [0.717, 1.165) is 30.8 Å². The molecule has 7 nitrogen and oxygen atoms in total. The van der Waals surface area contributed by atoms with Crippen LogP contribution < -0.4 is 19.1 Å². The first-order valence-electron chi connectivity index (χ1n) is 7.82. The number of nitrogens with zero attached hydrogens (tertiary/aromatic N) is 2. The van der Waals surface area contributed by atoms with E-state index in [1.54, 1.807) is 20.3 Å². The van der Waals surface area contributed by atoms with Crippen LogP contribution in [-0.2, 0) is 23.0 Å². The molecule has 3 rings (SSSR count). The standard InChI is InChI=1S/C17H21N3O4S/c1-23-15-8-12-6-7-20(11-13(12)9-16(15)24-2)17-5-4-14(10-18-17)19-25(3,21)22/h4-5,8-10,19H,6-7,11H2,1-3H3. The zero-order valence-electron chi connectivity index (χ0n) is 14.4. The molecule has 1 N–H and O–H groups in total. The van der Waals surface area contributed by atoms with Crippen LogP contribution >= 0.6 is 0 Å². The monoisotopic (exact) mass is 363 g/mol. The molecule has 0 atom stereocenters. The minimum atomic E-state index is -3.30. The maximum atomic E-state index is 11.3. The van der Waals surface area contributed by atoms with E-state index in [0.29, 0.717) is 18.0 Å². The van der Waals surface area contributed by atoms with Crippen molar-refractivity contribution in [1.29, 1.82) is 0 Å². The molecule has 0 saturated heterocycles. The summed E-state index contributed by atoms with van der Waals surface area (Å²) in [5, 5.41) is 0. The second-order valence-corrected chi connectivity index (χ2v) is 7.68. The molecule has 2 aromatic rings. The Kier molecular flexibility index (Phi) is 4.71. The molecule has 1 aromatic heterocycles. The Labute approximate surface area is 147 Å². The van der Waals surface area contributed by atoms with E-state index < -0.39 is 10.0 Å². The number of nitrogens with one attached hydrogen (secondary N) is 1. The highest BCUT2D eigenvalue weighted by Crippen LogP contribution is 2.34. The van der Waals surface area contributed by atoms with Crippen LogP contribution in [0.25, 0.3) is 0 Å². The van der Waals surface area contributed by atoms with Crippen LogP contribution in [0.2, 0.25) is 0 Å². The lowest BCUT2D eigenvalue weighted by atomic mass is 9.99. The van der Waals surface area contributed by atoms with Gasteiger partial charge in [0.25, 0.3) is 0 Å². The average Bonchev–Trinajstić information content (AvgIpc) is 2.59. The third-order valence-corrected chi connectivity index (χ3v) is 4.70. The number of rotatable bonds is 5. The number of anilines is 2. The van der Waals surface area contributed by atoms with Crippen molar-refractivity contribution in [2.24, 2.45) is 0 Å². The third-order valence-electron chi connectivity index (χ3n) is 4.09. The van der Waals surface area contributed by atoms with Gasteiger partial charge in [-0.25, -0.2) is 13.4 Å². The van der Waals surface area contributed by atoms with Gasteiger partial charge in [0, 0.05) is 13.1 Å². The Morgan fingerprint density at radius 2 is 1.80 bits per heavy atom. The lowest BCUT2D eigenvalue weighted by molar-refractivity contribution is 0.353. The summed E-state index contributed by atoms with van der Waals surface area (Å²) in [6.07, 6.45) is 3.52. The van der Waals surface area contributed by atoms with Crippen LogP contribution in [-0.4, -0.2) is 40.4 Å². The smallest absolute Gasteiger partial charge is 0.229 e. The average molecular weight is 363 g/mol. The van der Waals surface area contributed by atoms with E-state index in [2.05, 4.69) is 14.6 Å². The van der Waals surface area contributed by atoms with Gasteiger partial charge in [0.2, 0.25) is 10.0 Å². The highest BCUT2D eigenvalue weighted by Gasteiger charge is 2.20. The van der Waals surface area contributed by atoms with E-state index in [9.17, 15) is 8.42 Å². The van der Waals surface area contributed by atoms with Crippen molar-refractivity contribution < 1.29 is 17.9 Å². The zero-order valence-corrected chi connectivity index (χ0v) is 15.3. The highest BCUT2D eigenvalue weighted by atomic mass is 32.2. The second-order valence-electron chi connectivity index (χ2n) is 5.93. The van der Waals surface area contributed by atoms with Gasteiger partial charge >= 0.3 is 0 Å². The number of fused-ring (bicyclic) bond motifs is 1. The highest BCUT2D eigenvalue weighted by molar-refractivity contribution is 7.92. The van der Waals surface area contributed by atoms with Gasteiger partial charge in [-0.3, -0.25) is 4.72 Å². The van der Waals surface area contributed by atoms with Crippen molar-refractivity contribution in [2.75, 3.05) is 36.6 Å². The number of aromatic nitrogens is 1. The molecule has 0 radical (unpaired) electrons. The summed E-state index contributed by atoms with van der Waals surface area (Å²) in [6.45, 7) is 1.54. The molecule has 134 valence electrons. The summed E-state index contributed by atoms with van der Waals surface area (Å²) >= 11 is 0. The fourth-order valence-electron chi connectivity index (χ4n) is 2.93. The van der Waals surface area contributed by atoms with Gasteiger partial charge in [-0.05, 0) is 41.8 Å². The molecule has 25 heavy (non-hydrogen) atoms. The number of sulfonamides is 1. The normalized spacial score (nSPS) is 14.0. The van der Waals surface area contributed by atoms with Crippen LogP contribution in [0.15, 0.2) is 30.5 Å². The zero-order chi connectivity index (χ0) is 18.0. The van der Waals surface area contributed by atoms with Gasteiger partial charge in [-0.2, -0.15) is 0 Å². The molecule has 1 aromatic carbocycles. The maximum absolute atomic E-state index is 11.3. The summed E-state index contributed by atoms with van der Waals surface area (Å²) in [7, 11) is -0.0394. The van der Waals surface area contributed by atoms with Crippen molar-refractivity contribution in [3.63, 3.8) is 0 Å². The molecule has 2 heterocycles. The van der Waals surface area contributed by atoms with Gasteiger partial charge in [-0.1, -0.05) is 0 Å². The quantitative estimate of drug-likeness (QED) is 0.875. The summed E-state index contributed by atoms with van der Waals surface area (Å²) in [5.74, 6) is 2.26. The van der Waals surface area contributed by atoms with Gasteiger partial charge < -0.3 is 14.4 Å². The van der Waals surface area contributed by atoms with Gasteiger partial charge in [-0.15, -0.1) is 0 Å². The molecule has 0 unspecified atom stereocenters. The summed E-state index contributed by atoms with van der Waals surface area (Å²) < 4.78 is 35.7. The molecule has 0 amide bonds. The molecule has 1 aliphatic rings. The summed E-state index contributed by atoms with van der Waals surface area (Å²) in [5.41, 5.74) is 2.86. The molecule has 0 saturated carbocycles. The first-order chi connectivity index (χ1) is 11.9. The van der Waals surface area contributed by atoms with E-state index >= 15 is 0 Å². The van der Waals surface area contributed by atoms with E-state index in [-0.39, 0.29) is 0 Å². The van der Waals surface area contributed by atoms with Crippen LogP contribution in [0.3, 0.4) is 0 Å². The largest absolute Gasteiger partial charge is 0.493 e. The fourth-order valence-corrected chi connectivity index (χ4v) is 3.48. The van der Waals surface area contributed by atoms with Crippen molar-refractivity contribution >= 4 is 21.5 Å². The van der Waals surface area contributed by atoms with Crippen LogP contribution in [0, 0.1) is 0 Å². The number of pyridine rings is 1. The predicted octanol–water partition coefficient (Wildman–Crippen LogP) is 2.03. The summed E-state index contributed by atoms with van der Waals surface area (Å²) in [6, 6.07) is 7.56. The molecular formula is C17H21N3O4S. The first-order valence-corrected chi connectivity index (χ1v) is 9.71. The van der Waals surface area contributed by atoms with E-state index in [1.807, 2.05) is 18.2 Å². The van der Waals surface area contributed by atoms with Crippen molar-refractivity contribution in [3.05, 3.63) is 41.6 Å². The molecule has 8 heteroatoms. The molecule has 0 fully saturated rings. The predicted molar refractivity (Wildman–Crippen MR) is 97.0 cm³/mol.